The van der Waals surface area contributed by atoms with Crippen LogP contribution in [0.25, 0.3) is 0 Å². The number of amides is 1. The minimum atomic E-state index is -1.66. The minimum Gasteiger partial charge on any atom is -0.490 e. The van der Waals surface area contributed by atoms with E-state index in [1.165, 1.54) is 11.1 Å². The molecule has 6 nitrogen and oxygen atoms in total. The molecule has 8 heteroatoms. The van der Waals surface area contributed by atoms with Gasteiger partial charge in [0.25, 0.3) is 5.91 Å². The Morgan fingerprint density at radius 3 is 2.85 bits per heavy atom. The van der Waals surface area contributed by atoms with Crippen molar-refractivity contribution in [1.82, 2.24) is 0 Å². The molecule has 0 saturated carbocycles. The quantitative estimate of drug-likeness (QED) is 0.293. The molecule has 40 heavy (non-hydrogen) atoms. The smallest absolute Gasteiger partial charge is 0.254 e. The van der Waals surface area contributed by atoms with Gasteiger partial charge in [-0.1, -0.05) is 68.2 Å². The van der Waals surface area contributed by atoms with Crippen LogP contribution in [0.5, 0.6) is 5.75 Å². The molecule has 2 aromatic rings. The van der Waals surface area contributed by atoms with Crippen LogP contribution in [0.1, 0.15) is 74.4 Å². The van der Waals surface area contributed by atoms with E-state index in [2.05, 4.69) is 28.3 Å². The Balaban J connectivity index is 1.60. The third-order valence-electron chi connectivity index (χ3n) is 9.07. The number of hydrogen-bond donors (Lipinski definition) is 1. The summed E-state index contributed by atoms with van der Waals surface area (Å²) in [6, 6.07) is 11.6. The van der Waals surface area contributed by atoms with Gasteiger partial charge in [0.1, 0.15) is 5.75 Å². The number of hydrogen-bond acceptors (Lipinski definition) is 6. The Labute approximate surface area is 245 Å². The molecular formula is C32H40ClN2O4S-. The molecule has 1 N–H and O–H groups in total. The molecule has 0 radical (unpaired) electrons. The van der Waals surface area contributed by atoms with Crippen LogP contribution in [-0.2, 0) is 26.6 Å². The first kappa shape index (κ1) is 29.2. The van der Waals surface area contributed by atoms with Gasteiger partial charge in [-0.2, -0.15) is 10.6 Å². The SMILES string of the molecule is CC[C@@H]1C[C@@H](O)/C=C/C[C@H](C)[C@@H](C)[S-](=O)=NC(=O)c2ccc3c(c2)N(C1)C[C@@]1(CCCc2cc(Cl)ccc21)CO3. The van der Waals surface area contributed by atoms with Gasteiger partial charge in [-0.15, -0.1) is 0 Å². The van der Waals surface area contributed by atoms with Crippen molar-refractivity contribution in [3.05, 3.63) is 70.3 Å². The average molecular weight is 584 g/mol. The fourth-order valence-electron chi connectivity index (χ4n) is 6.41. The molecule has 1 spiro atoms. The van der Waals surface area contributed by atoms with Crippen molar-refractivity contribution in [2.75, 3.05) is 24.6 Å². The molecule has 2 heterocycles. The molecule has 2 aliphatic heterocycles. The van der Waals surface area contributed by atoms with Gasteiger partial charge in [0.15, 0.2) is 0 Å². The van der Waals surface area contributed by atoms with Crippen LogP contribution >= 0.6 is 11.6 Å². The number of anilines is 1. The molecule has 5 atom stereocenters. The summed E-state index contributed by atoms with van der Waals surface area (Å²) >= 11 is 6.38. The lowest BCUT2D eigenvalue weighted by Gasteiger charge is -2.41. The molecule has 1 aliphatic carbocycles. The number of carbonyl (C=O) groups is 1. The summed E-state index contributed by atoms with van der Waals surface area (Å²) in [4.78, 5) is 15.6. The molecule has 2 aromatic carbocycles. The van der Waals surface area contributed by atoms with E-state index >= 15 is 0 Å². The Morgan fingerprint density at radius 2 is 2.05 bits per heavy atom. The van der Waals surface area contributed by atoms with E-state index in [9.17, 15) is 14.1 Å². The van der Waals surface area contributed by atoms with Gasteiger partial charge in [-0.3, -0.25) is 4.79 Å². The number of aryl methyl sites for hydroxylation is 1. The predicted octanol–water partition coefficient (Wildman–Crippen LogP) is 6.86. The van der Waals surface area contributed by atoms with Crippen molar-refractivity contribution >= 4 is 33.8 Å². The number of nitrogens with zero attached hydrogens (tertiary/aromatic N) is 2. The summed E-state index contributed by atoms with van der Waals surface area (Å²) in [7, 11) is -1.66. The molecule has 5 rings (SSSR count). The second kappa shape index (κ2) is 12.3. The molecule has 216 valence electrons. The normalized spacial score (nSPS) is 30.6. The lowest BCUT2D eigenvalue weighted by molar-refractivity contribution is 0.100. The number of allylic oxidation sites excluding steroid dienone is 1. The van der Waals surface area contributed by atoms with Crippen molar-refractivity contribution in [1.29, 1.82) is 0 Å². The molecule has 0 unspecified atom stereocenters. The standard InChI is InChI=1S/C32H40ClN2O4S/c1-4-23-15-27(36)9-5-7-21(2)22(3)40(38)34-31(37)25-10-13-30-29(17-25)35(18-23)19-32(20-39-30)14-6-8-24-16-26(33)11-12-28(24)32/h5,9-13,16-17,21-23,27,36H,4,6-8,14-15,18-20H2,1-3H3/q-1/b9-5+/t21-,22+,23+,27-,32-/m0/s1. The highest BCUT2D eigenvalue weighted by Crippen LogP contribution is 2.45. The summed E-state index contributed by atoms with van der Waals surface area (Å²) in [6.45, 7) is 8.01. The number of benzene rings is 2. The average Bonchev–Trinajstić information content (AvgIpc) is 3.08. The number of rotatable bonds is 1. The Kier molecular flexibility index (Phi) is 8.93. The van der Waals surface area contributed by atoms with Gasteiger partial charge in [0.05, 0.1) is 18.4 Å². The maximum atomic E-state index is 13.2. The van der Waals surface area contributed by atoms with Gasteiger partial charge >= 0.3 is 0 Å². The second-order valence-corrected chi connectivity index (χ2v) is 13.8. The van der Waals surface area contributed by atoms with Crippen LogP contribution in [0.3, 0.4) is 0 Å². The molecule has 0 fully saturated rings. The van der Waals surface area contributed by atoms with E-state index in [1.54, 1.807) is 6.07 Å². The number of ether oxygens (including phenoxy) is 1. The lowest BCUT2D eigenvalue weighted by atomic mass is 9.70. The van der Waals surface area contributed by atoms with Crippen molar-refractivity contribution in [3.63, 3.8) is 0 Å². The Hall–Kier alpha value is -2.35. The summed E-state index contributed by atoms with van der Waals surface area (Å²) in [5.41, 5.74) is 3.59. The molecular weight excluding hydrogens is 544 g/mol. The fraction of sp³-hybridized carbons (Fsp3) is 0.531. The molecule has 1 amide bonds. The van der Waals surface area contributed by atoms with Crippen molar-refractivity contribution in [3.8, 4) is 5.75 Å². The first-order valence-electron chi connectivity index (χ1n) is 14.5. The van der Waals surface area contributed by atoms with Crippen molar-refractivity contribution < 1.29 is 18.8 Å². The fourth-order valence-corrected chi connectivity index (χ4v) is 7.55. The first-order chi connectivity index (χ1) is 19.2. The number of aliphatic hydroxyl groups is 1. The highest BCUT2D eigenvalue weighted by atomic mass is 35.5. The molecule has 2 bridgehead atoms. The number of aliphatic hydroxyl groups excluding tert-OH is 1. The third kappa shape index (κ3) is 6.12. The molecule has 0 saturated heterocycles. The molecule has 0 aromatic heterocycles. The van der Waals surface area contributed by atoms with Crippen LogP contribution in [0.4, 0.5) is 5.69 Å². The summed E-state index contributed by atoms with van der Waals surface area (Å²) < 4.78 is 23.6. The maximum Gasteiger partial charge on any atom is 0.254 e. The zero-order valence-corrected chi connectivity index (χ0v) is 25.2. The van der Waals surface area contributed by atoms with Gasteiger partial charge < -0.3 is 23.3 Å². The van der Waals surface area contributed by atoms with Crippen LogP contribution in [-0.4, -0.2) is 42.1 Å². The van der Waals surface area contributed by atoms with E-state index in [4.69, 9.17) is 16.3 Å². The summed E-state index contributed by atoms with van der Waals surface area (Å²) in [6.07, 6.45) is 8.54. The molecule has 3 aliphatic rings. The monoisotopic (exact) mass is 583 g/mol. The van der Waals surface area contributed by atoms with E-state index in [1.807, 2.05) is 44.2 Å². The highest BCUT2D eigenvalue weighted by molar-refractivity contribution is 7.75. The number of fused-ring (bicyclic) bond motifs is 3. The van der Waals surface area contributed by atoms with Crippen LogP contribution in [0.2, 0.25) is 5.02 Å². The second-order valence-electron chi connectivity index (χ2n) is 11.9. The first-order valence-corrected chi connectivity index (χ1v) is 16.1. The van der Waals surface area contributed by atoms with Gasteiger partial charge in [-0.25, -0.2) is 0 Å². The summed E-state index contributed by atoms with van der Waals surface area (Å²) in [5, 5.41) is 11.4. The summed E-state index contributed by atoms with van der Waals surface area (Å²) in [5.74, 6) is 0.545. The zero-order valence-electron chi connectivity index (χ0n) is 23.6. The lowest BCUT2D eigenvalue weighted by Crippen LogP contribution is -2.47. The van der Waals surface area contributed by atoms with Gasteiger partial charge in [0.2, 0.25) is 0 Å². The minimum absolute atomic E-state index is 0.0519. The van der Waals surface area contributed by atoms with Crippen molar-refractivity contribution in [2.24, 2.45) is 16.2 Å². The van der Waals surface area contributed by atoms with E-state index in [0.717, 1.165) is 55.2 Å². The van der Waals surface area contributed by atoms with Crippen LogP contribution in [0.15, 0.2) is 52.9 Å². The predicted molar refractivity (Wildman–Crippen MR) is 162 cm³/mol. The van der Waals surface area contributed by atoms with Gasteiger partial charge in [0, 0.05) is 29.1 Å². The van der Waals surface area contributed by atoms with Gasteiger partial charge in [-0.05, 0) is 79.5 Å². The van der Waals surface area contributed by atoms with E-state index in [0.29, 0.717) is 25.0 Å². The Morgan fingerprint density at radius 1 is 1.23 bits per heavy atom. The van der Waals surface area contributed by atoms with E-state index < -0.39 is 22.6 Å². The van der Waals surface area contributed by atoms with Crippen LogP contribution in [0, 0.1) is 11.8 Å². The number of carbonyl (C=O) groups excluding carboxylic acids is 1. The Bertz CT molecular complexity index is 1370. The third-order valence-corrected chi connectivity index (χ3v) is 10.8. The largest absolute Gasteiger partial charge is 0.490 e. The zero-order chi connectivity index (χ0) is 28.4. The van der Waals surface area contributed by atoms with Crippen LogP contribution < -0.4 is 9.64 Å². The number of halogens is 1. The highest BCUT2D eigenvalue weighted by Gasteiger charge is 2.42. The maximum absolute atomic E-state index is 13.2. The van der Waals surface area contributed by atoms with E-state index in [-0.39, 0.29) is 22.5 Å². The topological polar surface area (TPSA) is 79.2 Å². The van der Waals surface area contributed by atoms with Crippen molar-refractivity contribution in [2.45, 2.75) is 76.1 Å².